The Morgan fingerprint density at radius 2 is 2.27 bits per heavy atom. The molecule has 2 aromatic rings. The SMILES string of the molecule is O=C(O)c1ccn2cc(C(F)F)nc2c1. The standard InChI is InChI=1S/C9H6F2N2O2/c10-8(11)6-4-13-2-1-5(9(14)15)3-7(13)12-6/h1-4,8H,(H,14,15). The summed E-state index contributed by atoms with van der Waals surface area (Å²) in [6, 6.07) is 2.57. The topological polar surface area (TPSA) is 54.6 Å². The molecule has 0 aromatic carbocycles. The molecule has 0 aliphatic carbocycles. The van der Waals surface area contributed by atoms with E-state index in [0.29, 0.717) is 0 Å². The number of hydrogen-bond acceptors (Lipinski definition) is 2. The monoisotopic (exact) mass is 212 g/mol. The van der Waals surface area contributed by atoms with Gasteiger partial charge in [0.15, 0.2) is 0 Å². The molecule has 2 heterocycles. The molecule has 0 saturated carbocycles. The zero-order chi connectivity index (χ0) is 11.0. The zero-order valence-electron chi connectivity index (χ0n) is 7.39. The fourth-order valence-electron chi connectivity index (χ4n) is 1.24. The third kappa shape index (κ3) is 1.65. The Morgan fingerprint density at radius 3 is 2.87 bits per heavy atom. The average Bonchev–Trinajstić information content (AvgIpc) is 2.59. The van der Waals surface area contributed by atoms with Crippen LogP contribution in [0.3, 0.4) is 0 Å². The summed E-state index contributed by atoms with van der Waals surface area (Å²) in [5, 5.41) is 8.68. The van der Waals surface area contributed by atoms with Crippen LogP contribution in [0.25, 0.3) is 5.65 Å². The molecular formula is C9H6F2N2O2. The number of nitrogens with zero attached hydrogens (tertiary/aromatic N) is 2. The van der Waals surface area contributed by atoms with E-state index in [9.17, 15) is 13.6 Å². The quantitative estimate of drug-likeness (QED) is 0.827. The van der Waals surface area contributed by atoms with Crippen LogP contribution in [0.1, 0.15) is 22.5 Å². The van der Waals surface area contributed by atoms with Gasteiger partial charge in [-0.3, -0.25) is 0 Å². The molecule has 4 nitrogen and oxygen atoms in total. The van der Waals surface area contributed by atoms with Crippen molar-refractivity contribution in [2.75, 3.05) is 0 Å². The molecule has 0 fully saturated rings. The molecule has 2 rings (SSSR count). The van der Waals surface area contributed by atoms with Gasteiger partial charge in [0.05, 0.1) is 5.56 Å². The van der Waals surface area contributed by atoms with Gasteiger partial charge in [0.2, 0.25) is 0 Å². The van der Waals surface area contributed by atoms with Crippen LogP contribution >= 0.6 is 0 Å². The second-order valence-corrected chi connectivity index (χ2v) is 2.95. The van der Waals surface area contributed by atoms with Crippen molar-refractivity contribution in [1.29, 1.82) is 0 Å². The normalized spacial score (nSPS) is 11.1. The number of carboxylic acid groups (broad SMARTS) is 1. The Bertz CT molecular complexity index is 522. The van der Waals surface area contributed by atoms with E-state index >= 15 is 0 Å². The van der Waals surface area contributed by atoms with E-state index in [1.54, 1.807) is 0 Å². The van der Waals surface area contributed by atoms with Crippen molar-refractivity contribution in [2.45, 2.75) is 6.43 Å². The molecule has 0 aliphatic heterocycles. The van der Waals surface area contributed by atoms with Crippen LogP contribution in [-0.4, -0.2) is 20.5 Å². The molecule has 2 aromatic heterocycles. The number of hydrogen-bond donors (Lipinski definition) is 1. The number of aromatic nitrogens is 2. The number of carbonyl (C=O) groups is 1. The summed E-state index contributed by atoms with van der Waals surface area (Å²) >= 11 is 0. The van der Waals surface area contributed by atoms with Crippen molar-refractivity contribution < 1.29 is 18.7 Å². The highest BCUT2D eigenvalue weighted by Crippen LogP contribution is 2.18. The summed E-state index contributed by atoms with van der Waals surface area (Å²) in [6.07, 6.45) is -0.0956. The van der Waals surface area contributed by atoms with E-state index in [1.165, 1.54) is 28.9 Å². The minimum absolute atomic E-state index is 0.0221. The molecule has 6 heteroatoms. The molecule has 15 heavy (non-hydrogen) atoms. The smallest absolute Gasteiger partial charge is 0.335 e. The predicted molar refractivity (Wildman–Crippen MR) is 47.1 cm³/mol. The first-order valence-corrected chi connectivity index (χ1v) is 4.08. The van der Waals surface area contributed by atoms with E-state index < -0.39 is 12.4 Å². The molecule has 0 bridgehead atoms. The maximum absolute atomic E-state index is 12.3. The molecule has 78 valence electrons. The fraction of sp³-hybridized carbons (Fsp3) is 0.111. The number of carboxylic acids is 1. The van der Waals surface area contributed by atoms with Gasteiger partial charge in [0.25, 0.3) is 6.43 Å². The predicted octanol–water partition coefficient (Wildman–Crippen LogP) is 1.97. The van der Waals surface area contributed by atoms with Crippen LogP contribution in [-0.2, 0) is 0 Å². The van der Waals surface area contributed by atoms with E-state index in [-0.39, 0.29) is 16.9 Å². The molecule has 0 radical (unpaired) electrons. The largest absolute Gasteiger partial charge is 0.478 e. The Hall–Kier alpha value is -1.98. The Kier molecular flexibility index (Phi) is 2.11. The lowest BCUT2D eigenvalue weighted by Gasteiger charge is -1.94. The van der Waals surface area contributed by atoms with Crippen molar-refractivity contribution in [3.05, 3.63) is 35.8 Å². The minimum Gasteiger partial charge on any atom is -0.478 e. The number of rotatable bonds is 2. The van der Waals surface area contributed by atoms with Crippen LogP contribution in [0.2, 0.25) is 0 Å². The van der Waals surface area contributed by atoms with E-state index in [4.69, 9.17) is 5.11 Å². The number of halogens is 2. The van der Waals surface area contributed by atoms with E-state index in [1.807, 2.05) is 0 Å². The molecule has 1 N–H and O–H groups in total. The first-order chi connectivity index (χ1) is 7.08. The third-order valence-electron chi connectivity index (χ3n) is 1.95. The van der Waals surface area contributed by atoms with Crippen molar-refractivity contribution in [2.24, 2.45) is 0 Å². The number of imidazole rings is 1. The van der Waals surface area contributed by atoms with E-state index in [2.05, 4.69) is 4.98 Å². The summed E-state index contributed by atoms with van der Waals surface area (Å²) < 4.78 is 25.9. The van der Waals surface area contributed by atoms with Gasteiger partial charge in [-0.05, 0) is 12.1 Å². The highest BCUT2D eigenvalue weighted by atomic mass is 19.3. The Labute approximate surface area is 82.8 Å². The lowest BCUT2D eigenvalue weighted by molar-refractivity contribution is 0.0697. The van der Waals surface area contributed by atoms with Crippen molar-refractivity contribution in [3.63, 3.8) is 0 Å². The average molecular weight is 212 g/mol. The molecule has 0 amide bonds. The lowest BCUT2D eigenvalue weighted by atomic mass is 10.3. The van der Waals surface area contributed by atoms with Crippen molar-refractivity contribution >= 4 is 11.6 Å². The maximum atomic E-state index is 12.3. The fourth-order valence-corrected chi connectivity index (χ4v) is 1.24. The minimum atomic E-state index is -2.65. The second-order valence-electron chi connectivity index (χ2n) is 2.95. The van der Waals surface area contributed by atoms with Crippen molar-refractivity contribution in [3.8, 4) is 0 Å². The van der Waals surface area contributed by atoms with Gasteiger partial charge in [0, 0.05) is 12.4 Å². The van der Waals surface area contributed by atoms with Crippen LogP contribution in [0, 0.1) is 0 Å². The molecular weight excluding hydrogens is 206 g/mol. The molecule has 0 saturated heterocycles. The van der Waals surface area contributed by atoms with Gasteiger partial charge >= 0.3 is 5.97 Å². The van der Waals surface area contributed by atoms with Gasteiger partial charge in [0.1, 0.15) is 11.3 Å². The molecule has 0 spiro atoms. The number of fused-ring (bicyclic) bond motifs is 1. The second kappa shape index (κ2) is 3.30. The first kappa shape index (κ1) is 9.57. The van der Waals surface area contributed by atoms with Crippen LogP contribution < -0.4 is 0 Å². The lowest BCUT2D eigenvalue weighted by Crippen LogP contribution is -1.96. The molecule has 0 atom stereocenters. The summed E-state index contributed by atoms with van der Waals surface area (Å²) in [7, 11) is 0. The molecule has 0 aliphatic rings. The van der Waals surface area contributed by atoms with Gasteiger partial charge in [-0.1, -0.05) is 0 Å². The van der Waals surface area contributed by atoms with Gasteiger partial charge in [-0.15, -0.1) is 0 Å². The van der Waals surface area contributed by atoms with Crippen LogP contribution in [0.5, 0.6) is 0 Å². The number of pyridine rings is 1. The number of aromatic carboxylic acids is 1. The summed E-state index contributed by atoms with van der Waals surface area (Å²) in [4.78, 5) is 14.2. The first-order valence-electron chi connectivity index (χ1n) is 4.08. The Balaban J connectivity index is 2.57. The van der Waals surface area contributed by atoms with Gasteiger partial charge in [-0.25, -0.2) is 18.6 Å². The summed E-state index contributed by atoms with van der Waals surface area (Å²) in [6.45, 7) is 0. The highest BCUT2D eigenvalue weighted by Gasteiger charge is 2.12. The molecule has 0 unspecified atom stereocenters. The summed E-state index contributed by atoms with van der Waals surface area (Å²) in [5.74, 6) is -1.11. The van der Waals surface area contributed by atoms with Gasteiger partial charge in [-0.2, -0.15) is 0 Å². The van der Waals surface area contributed by atoms with Crippen molar-refractivity contribution in [1.82, 2.24) is 9.38 Å². The van der Waals surface area contributed by atoms with Gasteiger partial charge < -0.3 is 9.51 Å². The highest BCUT2D eigenvalue weighted by molar-refractivity contribution is 5.88. The van der Waals surface area contributed by atoms with E-state index in [0.717, 1.165) is 0 Å². The van der Waals surface area contributed by atoms with Crippen LogP contribution in [0.4, 0.5) is 8.78 Å². The maximum Gasteiger partial charge on any atom is 0.335 e. The zero-order valence-corrected chi connectivity index (χ0v) is 7.39. The Morgan fingerprint density at radius 1 is 1.53 bits per heavy atom. The summed E-state index contributed by atoms with van der Waals surface area (Å²) in [5.41, 5.74) is -0.142. The third-order valence-corrected chi connectivity index (χ3v) is 1.95. The van der Waals surface area contributed by atoms with Crippen LogP contribution in [0.15, 0.2) is 24.5 Å². The number of alkyl halides is 2.